The first kappa shape index (κ1) is 14.4. The van der Waals surface area contributed by atoms with E-state index in [4.69, 9.17) is 4.74 Å². The van der Waals surface area contributed by atoms with Gasteiger partial charge in [0.25, 0.3) is 0 Å². The molecular formula is C18H20O2. The number of ether oxygens (including phenoxy) is 1. The van der Waals surface area contributed by atoms with Crippen molar-refractivity contribution in [3.63, 3.8) is 0 Å². The van der Waals surface area contributed by atoms with E-state index in [9.17, 15) is 5.11 Å². The summed E-state index contributed by atoms with van der Waals surface area (Å²) >= 11 is 0. The lowest BCUT2D eigenvalue weighted by Crippen LogP contribution is -2.24. The third-order valence-corrected chi connectivity index (χ3v) is 3.24. The van der Waals surface area contributed by atoms with Crippen LogP contribution in [0, 0.1) is 0 Å². The SMILES string of the molecule is C=CCOc1ccc(CC(C)(O)c2ccccc2)cc1. The van der Waals surface area contributed by atoms with Crippen molar-refractivity contribution in [2.75, 3.05) is 6.61 Å². The molecule has 1 N–H and O–H groups in total. The molecule has 0 bridgehead atoms. The molecule has 0 heterocycles. The van der Waals surface area contributed by atoms with E-state index in [1.54, 1.807) is 6.08 Å². The maximum Gasteiger partial charge on any atom is 0.119 e. The highest BCUT2D eigenvalue weighted by Gasteiger charge is 2.23. The molecule has 2 aromatic carbocycles. The molecule has 0 fully saturated rings. The molecule has 0 radical (unpaired) electrons. The molecule has 1 atom stereocenters. The predicted molar refractivity (Wildman–Crippen MR) is 81.9 cm³/mol. The van der Waals surface area contributed by atoms with E-state index >= 15 is 0 Å². The van der Waals surface area contributed by atoms with Gasteiger partial charge in [-0.2, -0.15) is 0 Å². The van der Waals surface area contributed by atoms with Crippen molar-refractivity contribution in [3.05, 3.63) is 78.4 Å². The Labute approximate surface area is 120 Å². The number of hydrogen-bond acceptors (Lipinski definition) is 2. The van der Waals surface area contributed by atoms with Gasteiger partial charge in [0, 0.05) is 6.42 Å². The van der Waals surface area contributed by atoms with E-state index < -0.39 is 5.60 Å². The van der Waals surface area contributed by atoms with Gasteiger partial charge >= 0.3 is 0 Å². The molecule has 1 unspecified atom stereocenters. The largest absolute Gasteiger partial charge is 0.490 e. The lowest BCUT2D eigenvalue weighted by molar-refractivity contribution is 0.0576. The molecule has 2 rings (SSSR count). The van der Waals surface area contributed by atoms with Crippen molar-refractivity contribution in [2.24, 2.45) is 0 Å². The molecule has 0 saturated heterocycles. The summed E-state index contributed by atoms with van der Waals surface area (Å²) in [7, 11) is 0. The highest BCUT2D eigenvalue weighted by atomic mass is 16.5. The van der Waals surface area contributed by atoms with Crippen molar-refractivity contribution < 1.29 is 9.84 Å². The van der Waals surface area contributed by atoms with Crippen LogP contribution in [0.2, 0.25) is 0 Å². The maximum atomic E-state index is 10.6. The molecule has 0 saturated carbocycles. The van der Waals surface area contributed by atoms with Crippen molar-refractivity contribution in [3.8, 4) is 5.75 Å². The van der Waals surface area contributed by atoms with E-state index in [2.05, 4.69) is 6.58 Å². The smallest absolute Gasteiger partial charge is 0.119 e. The third kappa shape index (κ3) is 3.72. The Morgan fingerprint density at radius 1 is 1.10 bits per heavy atom. The van der Waals surface area contributed by atoms with E-state index in [1.165, 1.54) is 0 Å². The predicted octanol–water partition coefficient (Wildman–Crippen LogP) is 3.70. The second-order valence-electron chi connectivity index (χ2n) is 5.06. The van der Waals surface area contributed by atoms with E-state index in [1.807, 2.05) is 61.5 Å². The van der Waals surface area contributed by atoms with E-state index in [0.29, 0.717) is 13.0 Å². The Morgan fingerprint density at radius 3 is 2.35 bits per heavy atom. The minimum absolute atomic E-state index is 0.501. The number of rotatable bonds is 6. The zero-order valence-corrected chi connectivity index (χ0v) is 11.8. The van der Waals surface area contributed by atoms with Crippen LogP contribution in [0.5, 0.6) is 5.75 Å². The second kappa shape index (κ2) is 6.40. The van der Waals surface area contributed by atoms with Gasteiger partial charge < -0.3 is 9.84 Å². The molecule has 0 aliphatic carbocycles. The van der Waals surface area contributed by atoms with Crippen molar-refractivity contribution in [1.82, 2.24) is 0 Å². The van der Waals surface area contributed by atoms with Crippen LogP contribution in [-0.2, 0) is 12.0 Å². The van der Waals surface area contributed by atoms with Crippen LogP contribution < -0.4 is 4.74 Å². The molecule has 2 aromatic rings. The van der Waals surface area contributed by atoms with Gasteiger partial charge in [-0.05, 0) is 30.2 Å². The van der Waals surface area contributed by atoms with Crippen LogP contribution in [0.25, 0.3) is 0 Å². The number of hydrogen-bond donors (Lipinski definition) is 1. The number of aliphatic hydroxyl groups is 1. The van der Waals surface area contributed by atoms with Crippen molar-refractivity contribution in [2.45, 2.75) is 18.9 Å². The first-order valence-electron chi connectivity index (χ1n) is 6.72. The highest BCUT2D eigenvalue weighted by molar-refractivity contribution is 5.30. The zero-order chi connectivity index (χ0) is 14.4. The summed E-state index contributed by atoms with van der Waals surface area (Å²) in [6.45, 7) is 5.96. The Bertz CT molecular complexity index is 541. The topological polar surface area (TPSA) is 29.5 Å². The van der Waals surface area contributed by atoms with Crippen LogP contribution >= 0.6 is 0 Å². The van der Waals surface area contributed by atoms with Gasteiger partial charge in [-0.3, -0.25) is 0 Å². The van der Waals surface area contributed by atoms with Gasteiger partial charge in [0.1, 0.15) is 12.4 Å². The summed E-state index contributed by atoms with van der Waals surface area (Å²) in [4.78, 5) is 0. The van der Waals surface area contributed by atoms with Gasteiger partial charge in [0.05, 0.1) is 5.60 Å². The summed E-state index contributed by atoms with van der Waals surface area (Å²) in [5.74, 6) is 0.813. The van der Waals surface area contributed by atoms with Crippen LogP contribution in [0.4, 0.5) is 0 Å². The molecule has 2 heteroatoms. The van der Waals surface area contributed by atoms with Crippen LogP contribution in [-0.4, -0.2) is 11.7 Å². The zero-order valence-electron chi connectivity index (χ0n) is 11.8. The lowest BCUT2D eigenvalue weighted by atomic mass is 9.89. The fraction of sp³-hybridized carbons (Fsp3) is 0.222. The normalized spacial score (nSPS) is 13.5. The molecule has 0 amide bonds. The molecule has 2 nitrogen and oxygen atoms in total. The Hall–Kier alpha value is -2.06. The molecule has 0 spiro atoms. The van der Waals surface area contributed by atoms with Crippen LogP contribution in [0.1, 0.15) is 18.1 Å². The third-order valence-electron chi connectivity index (χ3n) is 3.24. The highest BCUT2D eigenvalue weighted by Crippen LogP contribution is 2.25. The standard InChI is InChI=1S/C18H20O2/c1-3-13-20-17-11-9-15(10-12-17)14-18(2,19)16-7-5-4-6-8-16/h3-12,19H,1,13-14H2,2H3. The quantitative estimate of drug-likeness (QED) is 0.809. The first-order valence-corrected chi connectivity index (χ1v) is 6.72. The van der Waals surface area contributed by atoms with Gasteiger partial charge in [-0.1, -0.05) is 55.1 Å². The van der Waals surface area contributed by atoms with Crippen molar-refractivity contribution in [1.29, 1.82) is 0 Å². The van der Waals surface area contributed by atoms with E-state index in [-0.39, 0.29) is 0 Å². The fourth-order valence-corrected chi connectivity index (χ4v) is 2.16. The average Bonchev–Trinajstić information content (AvgIpc) is 2.47. The Balaban J connectivity index is 2.07. The average molecular weight is 268 g/mol. The number of benzene rings is 2. The summed E-state index contributed by atoms with van der Waals surface area (Å²) in [6, 6.07) is 17.5. The van der Waals surface area contributed by atoms with Gasteiger partial charge in [0.15, 0.2) is 0 Å². The first-order chi connectivity index (χ1) is 9.62. The summed E-state index contributed by atoms with van der Waals surface area (Å²) in [5.41, 5.74) is 1.13. The summed E-state index contributed by atoms with van der Waals surface area (Å²) in [6.07, 6.45) is 2.28. The Kier molecular flexibility index (Phi) is 4.59. The molecule has 0 aliphatic heterocycles. The summed E-state index contributed by atoms with van der Waals surface area (Å²) in [5, 5.41) is 10.6. The molecule has 0 aromatic heterocycles. The molecule has 104 valence electrons. The van der Waals surface area contributed by atoms with Crippen LogP contribution in [0.3, 0.4) is 0 Å². The minimum Gasteiger partial charge on any atom is -0.490 e. The molecule has 20 heavy (non-hydrogen) atoms. The van der Waals surface area contributed by atoms with E-state index in [0.717, 1.165) is 16.9 Å². The van der Waals surface area contributed by atoms with Crippen LogP contribution in [0.15, 0.2) is 67.3 Å². The van der Waals surface area contributed by atoms with Gasteiger partial charge in [0.2, 0.25) is 0 Å². The fourth-order valence-electron chi connectivity index (χ4n) is 2.16. The maximum absolute atomic E-state index is 10.6. The minimum atomic E-state index is -0.870. The second-order valence-corrected chi connectivity index (χ2v) is 5.06. The van der Waals surface area contributed by atoms with Crippen molar-refractivity contribution >= 4 is 0 Å². The molecular weight excluding hydrogens is 248 g/mol. The molecule has 0 aliphatic rings. The monoisotopic (exact) mass is 268 g/mol. The van der Waals surface area contributed by atoms with Gasteiger partial charge in [-0.25, -0.2) is 0 Å². The van der Waals surface area contributed by atoms with Gasteiger partial charge in [-0.15, -0.1) is 0 Å². The summed E-state index contributed by atoms with van der Waals surface area (Å²) < 4.78 is 5.44. The Morgan fingerprint density at radius 2 is 1.75 bits per heavy atom. The lowest BCUT2D eigenvalue weighted by Gasteiger charge is -2.24.